The number of carbonyl (C=O) groups excluding carboxylic acids is 1. The summed E-state index contributed by atoms with van der Waals surface area (Å²) < 4.78 is 0. The lowest BCUT2D eigenvalue weighted by Crippen LogP contribution is -2.27. The number of aromatic nitrogens is 1. The zero-order valence-corrected chi connectivity index (χ0v) is 12.5. The molecule has 21 heavy (non-hydrogen) atoms. The van der Waals surface area contributed by atoms with Crippen molar-refractivity contribution >= 4 is 28.4 Å². The van der Waals surface area contributed by atoms with Gasteiger partial charge < -0.3 is 11.1 Å². The van der Waals surface area contributed by atoms with Crippen LogP contribution in [0.15, 0.2) is 18.2 Å². The molecule has 1 amide bonds. The minimum atomic E-state index is -0.0451. The van der Waals surface area contributed by atoms with E-state index in [1.165, 1.54) is 0 Å². The fraction of sp³-hybridized carbons (Fsp3) is 0.375. The fourth-order valence-corrected chi connectivity index (χ4v) is 3.06. The molecule has 1 heterocycles. The lowest BCUT2D eigenvalue weighted by Gasteiger charge is -2.13. The highest BCUT2D eigenvalue weighted by molar-refractivity contribution is 6.31. The first kappa shape index (κ1) is 14.3. The molecule has 0 saturated heterocycles. The lowest BCUT2D eigenvalue weighted by molar-refractivity contribution is 0.0954. The third-order valence-corrected chi connectivity index (χ3v) is 4.10. The Hall–Kier alpha value is -1.65. The number of amides is 1. The Morgan fingerprint density at radius 1 is 1.38 bits per heavy atom. The van der Waals surface area contributed by atoms with Crippen molar-refractivity contribution < 1.29 is 4.79 Å². The van der Waals surface area contributed by atoms with Crippen LogP contribution >= 0.6 is 11.6 Å². The summed E-state index contributed by atoms with van der Waals surface area (Å²) in [6.45, 7) is 1.16. The Morgan fingerprint density at radius 2 is 2.24 bits per heavy atom. The van der Waals surface area contributed by atoms with Crippen LogP contribution in [0.4, 0.5) is 0 Å². The highest BCUT2D eigenvalue weighted by Crippen LogP contribution is 2.31. The number of hydrogen-bond donors (Lipinski definition) is 2. The summed E-state index contributed by atoms with van der Waals surface area (Å²) in [6.07, 6.45) is 3.68. The summed E-state index contributed by atoms with van der Waals surface area (Å²) >= 11 is 6.10. The average Bonchev–Trinajstić information content (AvgIpc) is 2.92. The summed E-state index contributed by atoms with van der Waals surface area (Å²) in [4.78, 5) is 17.3. The van der Waals surface area contributed by atoms with E-state index in [2.05, 4.69) is 10.3 Å². The van der Waals surface area contributed by atoms with E-state index in [9.17, 15) is 4.79 Å². The minimum absolute atomic E-state index is 0.0451. The molecule has 3 N–H and O–H groups in total. The van der Waals surface area contributed by atoms with Gasteiger partial charge >= 0.3 is 0 Å². The smallest absolute Gasteiger partial charge is 0.252 e. The van der Waals surface area contributed by atoms with Gasteiger partial charge in [0.1, 0.15) is 0 Å². The van der Waals surface area contributed by atoms with Gasteiger partial charge in [0, 0.05) is 22.6 Å². The van der Waals surface area contributed by atoms with Gasteiger partial charge in [-0.1, -0.05) is 11.6 Å². The topological polar surface area (TPSA) is 68.0 Å². The van der Waals surface area contributed by atoms with Crippen LogP contribution in [-0.2, 0) is 12.8 Å². The second-order valence-electron chi connectivity index (χ2n) is 5.33. The van der Waals surface area contributed by atoms with Crippen LogP contribution in [0.2, 0.25) is 5.02 Å². The summed E-state index contributed by atoms with van der Waals surface area (Å²) in [7, 11) is 0. The van der Waals surface area contributed by atoms with E-state index in [-0.39, 0.29) is 5.91 Å². The fourth-order valence-electron chi connectivity index (χ4n) is 2.89. The van der Waals surface area contributed by atoms with Gasteiger partial charge in [0.15, 0.2) is 0 Å². The SMILES string of the molecule is NCCCNC(=O)c1c2c(nc3ccc(Cl)cc13)CCC2. The van der Waals surface area contributed by atoms with Gasteiger partial charge in [0.05, 0.1) is 11.1 Å². The molecule has 1 aliphatic rings. The van der Waals surface area contributed by atoms with E-state index in [1.807, 2.05) is 18.2 Å². The van der Waals surface area contributed by atoms with Crippen molar-refractivity contribution in [1.82, 2.24) is 10.3 Å². The van der Waals surface area contributed by atoms with E-state index >= 15 is 0 Å². The number of nitrogens with two attached hydrogens (primary N) is 1. The molecule has 1 aliphatic carbocycles. The van der Waals surface area contributed by atoms with Gasteiger partial charge in [0.2, 0.25) is 0 Å². The van der Waals surface area contributed by atoms with Crippen LogP contribution in [0, 0.1) is 0 Å². The van der Waals surface area contributed by atoms with Crippen molar-refractivity contribution in [1.29, 1.82) is 0 Å². The predicted molar refractivity (Wildman–Crippen MR) is 84.8 cm³/mol. The molecule has 5 heteroatoms. The molecule has 1 aromatic carbocycles. The Morgan fingerprint density at radius 3 is 3.05 bits per heavy atom. The lowest BCUT2D eigenvalue weighted by atomic mass is 10.0. The van der Waals surface area contributed by atoms with Crippen molar-refractivity contribution in [2.24, 2.45) is 5.73 Å². The maximum Gasteiger partial charge on any atom is 0.252 e. The first-order valence-electron chi connectivity index (χ1n) is 7.30. The molecule has 0 radical (unpaired) electrons. The molecule has 0 spiro atoms. The van der Waals surface area contributed by atoms with Crippen molar-refractivity contribution in [2.75, 3.05) is 13.1 Å². The van der Waals surface area contributed by atoms with E-state index < -0.39 is 0 Å². The molecule has 2 aromatic rings. The average molecular weight is 304 g/mol. The molecule has 3 rings (SSSR count). The summed E-state index contributed by atoms with van der Waals surface area (Å²) in [5.41, 5.74) is 9.18. The number of benzene rings is 1. The number of pyridine rings is 1. The summed E-state index contributed by atoms with van der Waals surface area (Å²) in [5.74, 6) is -0.0451. The number of carbonyl (C=O) groups is 1. The molecule has 4 nitrogen and oxygen atoms in total. The van der Waals surface area contributed by atoms with Crippen molar-refractivity contribution in [3.8, 4) is 0 Å². The first-order chi connectivity index (χ1) is 10.2. The minimum Gasteiger partial charge on any atom is -0.352 e. The predicted octanol–water partition coefficient (Wildman–Crippen LogP) is 2.46. The first-order valence-corrected chi connectivity index (χ1v) is 7.68. The van der Waals surface area contributed by atoms with Gasteiger partial charge in [-0.3, -0.25) is 9.78 Å². The monoisotopic (exact) mass is 303 g/mol. The maximum atomic E-state index is 12.6. The van der Waals surface area contributed by atoms with Crippen molar-refractivity contribution in [3.63, 3.8) is 0 Å². The Bertz CT molecular complexity index is 699. The van der Waals surface area contributed by atoms with E-state index in [4.69, 9.17) is 17.3 Å². The Kier molecular flexibility index (Phi) is 4.08. The molecule has 0 saturated carbocycles. The van der Waals surface area contributed by atoms with Crippen LogP contribution in [-0.4, -0.2) is 24.0 Å². The quantitative estimate of drug-likeness (QED) is 0.853. The van der Waals surface area contributed by atoms with Gasteiger partial charge in [-0.05, 0) is 56.0 Å². The second-order valence-corrected chi connectivity index (χ2v) is 5.76. The second kappa shape index (κ2) is 6.00. The number of aryl methyl sites for hydroxylation is 1. The number of fused-ring (bicyclic) bond motifs is 2. The standard InChI is InChI=1S/C16H18ClN3O/c17-10-5-6-14-12(9-10)15(16(21)19-8-2-7-18)11-3-1-4-13(11)20-14/h5-6,9H,1-4,7-8,18H2,(H,19,21). The molecular weight excluding hydrogens is 286 g/mol. The number of halogens is 1. The van der Waals surface area contributed by atoms with Gasteiger partial charge in [0.25, 0.3) is 5.91 Å². The number of hydrogen-bond acceptors (Lipinski definition) is 3. The molecule has 0 aliphatic heterocycles. The summed E-state index contributed by atoms with van der Waals surface area (Å²) in [6, 6.07) is 5.53. The molecule has 0 unspecified atom stereocenters. The third-order valence-electron chi connectivity index (χ3n) is 3.87. The van der Waals surface area contributed by atoms with E-state index in [0.29, 0.717) is 18.1 Å². The molecule has 110 valence electrons. The van der Waals surface area contributed by atoms with Gasteiger partial charge in [-0.2, -0.15) is 0 Å². The Balaban J connectivity index is 2.09. The van der Waals surface area contributed by atoms with Crippen molar-refractivity contribution in [2.45, 2.75) is 25.7 Å². The largest absolute Gasteiger partial charge is 0.352 e. The van der Waals surface area contributed by atoms with Crippen LogP contribution in [0.25, 0.3) is 10.9 Å². The number of rotatable bonds is 4. The van der Waals surface area contributed by atoms with Crippen LogP contribution in [0.3, 0.4) is 0 Å². The molecule has 0 bridgehead atoms. The summed E-state index contributed by atoms with van der Waals surface area (Å²) in [5, 5.41) is 4.42. The zero-order chi connectivity index (χ0) is 14.8. The van der Waals surface area contributed by atoms with Crippen LogP contribution in [0.5, 0.6) is 0 Å². The van der Waals surface area contributed by atoms with Crippen LogP contribution < -0.4 is 11.1 Å². The van der Waals surface area contributed by atoms with Gasteiger partial charge in [-0.15, -0.1) is 0 Å². The Labute approximate surface area is 128 Å². The normalized spacial score (nSPS) is 13.4. The van der Waals surface area contributed by atoms with E-state index in [0.717, 1.165) is 53.4 Å². The zero-order valence-electron chi connectivity index (χ0n) is 11.8. The molecular formula is C16H18ClN3O. The van der Waals surface area contributed by atoms with Crippen LogP contribution in [0.1, 0.15) is 34.5 Å². The molecule has 1 aromatic heterocycles. The van der Waals surface area contributed by atoms with E-state index in [1.54, 1.807) is 0 Å². The van der Waals surface area contributed by atoms with Crippen molar-refractivity contribution in [3.05, 3.63) is 40.0 Å². The molecule has 0 fully saturated rings. The third kappa shape index (κ3) is 2.74. The maximum absolute atomic E-state index is 12.6. The highest BCUT2D eigenvalue weighted by Gasteiger charge is 2.23. The van der Waals surface area contributed by atoms with Gasteiger partial charge in [-0.25, -0.2) is 0 Å². The highest BCUT2D eigenvalue weighted by atomic mass is 35.5. The number of nitrogens with one attached hydrogen (secondary N) is 1. The molecule has 0 atom stereocenters. The number of nitrogens with zero attached hydrogens (tertiary/aromatic N) is 1.